The Bertz CT molecular complexity index is 440. The largest absolute Gasteiger partial charge is 0.507 e. The van der Waals surface area contributed by atoms with Crippen molar-refractivity contribution in [1.82, 2.24) is 10.2 Å². The minimum atomic E-state index is 0. The predicted octanol–water partition coefficient (Wildman–Crippen LogP) is 4.05. The number of hydrogen-bond donors (Lipinski definition) is 2. The first kappa shape index (κ1) is 21.0. The minimum absolute atomic E-state index is 0. The molecule has 0 radical (unpaired) electrons. The van der Waals surface area contributed by atoms with Gasteiger partial charge in [-0.15, -0.1) is 24.8 Å². The number of aromatic hydroxyl groups is 1. The zero-order valence-corrected chi connectivity index (χ0v) is 15.8. The van der Waals surface area contributed by atoms with Crippen LogP contribution in [0.5, 0.6) is 5.75 Å². The third kappa shape index (κ3) is 5.00. The first-order valence-corrected chi connectivity index (χ1v) is 7.87. The summed E-state index contributed by atoms with van der Waals surface area (Å²) in [6.07, 6.45) is 2.20. The summed E-state index contributed by atoms with van der Waals surface area (Å²) in [5.74, 6) is 0.450. The van der Waals surface area contributed by atoms with Crippen molar-refractivity contribution in [1.29, 1.82) is 0 Å². The summed E-state index contributed by atoms with van der Waals surface area (Å²) in [4.78, 5) is 2.49. The topological polar surface area (TPSA) is 35.5 Å². The molecule has 0 aromatic heterocycles. The van der Waals surface area contributed by atoms with Crippen molar-refractivity contribution in [2.75, 3.05) is 26.2 Å². The molecule has 0 saturated carbocycles. The number of rotatable bonds is 4. The average Bonchev–Trinajstić information content (AvgIpc) is 2.43. The zero-order chi connectivity index (χ0) is 13.8. The lowest BCUT2D eigenvalue weighted by Crippen LogP contribution is -2.45. The Balaban J connectivity index is 0.00000200. The molecule has 0 spiro atoms. The molecule has 1 heterocycles. The van der Waals surface area contributed by atoms with Gasteiger partial charge in [-0.2, -0.15) is 0 Å². The molecule has 1 saturated heterocycles. The number of benzene rings is 1. The molecule has 122 valence electrons. The summed E-state index contributed by atoms with van der Waals surface area (Å²) in [5.41, 5.74) is 2.01. The number of piperazine rings is 1. The molecule has 1 fully saturated rings. The number of phenolic OH excluding ortho intramolecular Hbond substituents is 1. The van der Waals surface area contributed by atoms with E-state index in [1.54, 1.807) is 0 Å². The van der Waals surface area contributed by atoms with Crippen LogP contribution in [0.1, 0.15) is 36.9 Å². The van der Waals surface area contributed by atoms with Gasteiger partial charge in [-0.3, -0.25) is 4.90 Å². The van der Waals surface area contributed by atoms with Crippen LogP contribution in [-0.2, 0) is 0 Å². The Labute approximate surface area is 148 Å². The summed E-state index contributed by atoms with van der Waals surface area (Å²) in [6.45, 7) is 8.33. The monoisotopic (exact) mass is 398 g/mol. The predicted molar refractivity (Wildman–Crippen MR) is 97.1 cm³/mol. The molecular formula is C15H25BrCl2N2O. The van der Waals surface area contributed by atoms with E-state index in [4.69, 9.17) is 0 Å². The Kier molecular flexibility index (Phi) is 9.90. The maximum absolute atomic E-state index is 10.4. The smallest absolute Gasteiger partial charge is 0.124 e. The summed E-state index contributed by atoms with van der Waals surface area (Å²) in [6, 6.07) is 4.32. The van der Waals surface area contributed by atoms with E-state index in [9.17, 15) is 5.11 Å². The molecule has 0 amide bonds. The highest BCUT2D eigenvalue weighted by Gasteiger charge is 2.26. The van der Waals surface area contributed by atoms with E-state index in [1.807, 2.05) is 13.0 Å². The van der Waals surface area contributed by atoms with Crippen LogP contribution in [0.3, 0.4) is 0 Å². The molecule has 1 atom stereocenters. The molecule has 1 aromatic rings. The van der Waals surface area contributed by atoms with Crippen molar-refractivity contribution >= 4 is 40.7 Å². The van der Waals surface area contributed by atoms with E-state index in [-0.39, 0.29) is 24.8 Å². The van der Waals surface area contributed by atoms with Crippen LogP contribution in [0, 0.1) is 6.92 Å². The Morgan fingerprint density at radius 1 is 1.29 bits per heavy atom. The van der Waals surface area contributed by atoms with Crippen LogP contribution < -0.4 is 5.32 Å². The standard InChI is InChI=1S/C15H23BrN2O.2ClH/c1-3-4-13(18-9-7-17-8-10-18)14-12(16)6-5-11(2)15(14)19;;/h5-6,13,17,19H,3-4,7-10H2,1-2H3;2*1H/t13-;;/m1../s1. The average molecular weight is 400 g/mol. The second-order valence-electron chi connectivity index (χ2n) is 5.22. The molecule has 6 heteroatoms. The number of halogens is 3. The van der Waals surface area contributed by atoms with Gasteiger partial charge in [-0.25, -0.2) is 0 Å². The van der Waals surface area contributed by atoms with E-state index in [0.29, 0.717) is 11.8 Å². The van der Waals surface area contributed by atoms with Crippen molar-refractivity contribution in [3.63, 3.8) is 0 Å². The number of nitrogens with zero attached hydrogens (tertiary/aromatic N) is 1. The van der Waals surface area contributed by atoms with Gasteiger partial charge in [-0.1, -0.05) is 35.3 Å². The van der Waals surface area contributed by atoms with Crippen LogP contribution in [0.15, 0.2) is 16.6 Å². The summed E-state index contributed by atoms with van der Waals surface area (Å²) in [7, 11) is 0. The molecule has 2 rings (SSSR count). The molecule has 1 aliphatic rings. The second kappa shape index (κ2) is 9.90. The van der Waals surface area contributed by atoms with Gasteiger partial charge >= 0.3 is 0 Å². The number of phenols is 1. The lowest BCUT2D eigenvalue weighted by atomic mass is 9.97. The molecule has 1 aromatic carbocycles. The van der Waals surface area contributed by atoms with Crippen molar-refractivity contribution in [3.05, 3.63) is 27.7 Å². The summed E-state index contributed by atoms with van der Waals surface area (Å²) in [5, 5.41) is 13.8. The normalized spacial score (nSPS) is 16.7. The fourth-order valence-electron chi connectivity index (χ4n) is 2.79. The Morgan fingerprint density at radius 2 is 1.90 bits per heavy atom. The highest BCUT2D eigenvalue weighted by Crippen LogP contribution is 2.39. The fraction of sp³-hybridized carbons (Fsp3) is 0.600. The van der Waals surface area contributed by atoms with Gasteiger partial charge in [0.1, 0.15) is 5.75 Å². The van der Waals surface area contributed by atoms with E-state index in [0.717, 1.165) is 54.6 Å². The fourth-order valence-corrected chi connectivity index (χ4v) is 3.37. The van der Waals surface area contributed by atoms with Gasteiger partial charge in [0.15, 0.2) is 0 Å². The molecule has 0 aliphatic carbocycles. The van der Waals surface area contributed by atoms with Gasteiger partial charge in [0.25, 0.3) is 0 Å². The first-order valence-electron chi connectivity index (χ1n) is 7.08. The lowest BCUT2D eigenvalue weighted by Gasteiger charge is -2.36. The van der Waals surface area contributed by atoms with E-state index >= 15 is 0 Å². The van der Waals surface area contributed by atoms with Crippen LogP contribution in [0.2, 0.25) is 0 Å². The quantitative estimate of drug-likeness (QED) is 0.801. The van der Waals surface area contributed by atoms with Crippen LogP contribution >= 0.6 is 40.7 Å². The Hall–Kier alpha value is -0.000000000000000111. The molecular weight excluding hydrogens is 375 g/mol. The Morgan fingerprint density at radius 3 is 2.48 bits per heavy atom. The lowest BCUT2D eigenvalue weighted by molar-refractivity contribution is 0.161. The van der Waals surface area contributed by atoms with Crippen molar-refractivity contribution in [2.45, 2.75) is 32.7 Å². The molecule has 1 aliphatic heterocycles. The van der Waals surface area contributed by atoms with Crippen LogP contribution in [-0.4, -0.2) is 36.2 Å². The van der Waals surface area contributed by atoms with Crippen molar-refractivity contribution in [3.8, 4) is 5.75 Å². The maximum Gasteiger partial charge on any atom is 0.124 e. The number of hydrogen-bond acceptors (Lipinski definition) is 3. The van der Waals surface area contributed by atoms with E-state index in [1.165, 1.54) is 0 Å². The van der Waals surface area contributed by atoms with Crippen LogP contribution in [0.4, 0.5) is 0 Å². The van der Waals surface area contributed by atoms with Crippen LogP contribution in [0.25, 0.3) is 0 Å². The van der Waals surface area contributed by atoms with E-state index < -0.39 is 0 Å². The van der Waals surface area contributed by atoms with Gasteiger partial charge < -0.3 is 10.4 Å². The number of nitrogens with one attached hydrogen (secondary N) is 1. The molecule has 0 bridgehead atoms. The highest BCUT2D eigenvalue weighted by atomic mass is 79.9. The second-order valence-corrected chi connectivity index (χ2v) is 6.07. The highest BCUT2D eigenvalue weighted by molar-refractivity contribution is 9.10. The van der Waals surface area contributed by atoms with Gasteiger partial charge in [0.2, 0.25) is 0 Å². The van der Waals surface area contributed by atoms with E-state index in [2.05, 4.69) is 39.1 Å². The van der Waals surface area contributed by atoms with Gasteiger partial charge in [0, 0.05) is 42.3 Å². The third-order valence-electron chi connectivity index (χ3n) is 3.85. The van der Waals surface area contributed by atoms with Crippen molar-refractivity contribution in [2.24, 2.45) is 0 Å². The summed E-state index contributed by atoms with van der Waals surface area (Å²) < 4.78 is 1.02. The summed E-state index contributed by atoms with van der Waals surface area (Å²) >= 11 is 3.62. The zero-order valence-electron chi connectivity index (χ0n) is 12.6. The molecule has 3 nitrogen and oxygen atoms in total. The number of aryl methyl sites for hydroxylation is 1. The SMILES string of the molecule is CCC[C@H](c1c(Br)ccc(C)c1O)N1CCNCC1.Cl.Cl. The van der Waals surface area contributed by atoms with Gasteiger partial charge in [0.05, 0.1) is 0 Å². The first-order chi connectivity index (χ1) is 9.15. The minimum Gasteiger partial charge on any atom is -0.507 e. The van der Waals surface area contributed by atoms with Gasteiger partial charge in [-0.05, 0) is 25.0 Å². The molecule has 21 heavy (non-hydrogen) atoms. The molecule has 2 N–H and O–H groups in total. The maximum atomic E-state index is 10.4. The van der Waals surface area contributed by atoms with Crippen molar-refractivity contribution < 1.29 is 5.11 Å². The molecule has 0 unspecified atom stereocenters. The third-order valence-corrected chi connectivity index (χ3v) is 4.54.